The van der Waals surface area contributed by atoms with Gasteiger partial charge in [-0.05, 0) is 25.0 Å². The quantitative estimate of drug-likeness (QED) is 0.251. The third-order valence-corrected chi connectivity index (χ3v) is 4.43. The Labute approximate surface area is 105 Å². The molecule has 0 spiro atoms. The van der Waals surface area contributed by atoms with Gasteiger partial charge >= 0.3 is 0 Å². The van der Waals surface area contributed by atoms with Crippen LogP contribution in [0.15, 0.2) is 5.16 Å². The summed E-state index contributed by atoms with van der Waals surface area (Å²) in [5.74, 6) is 1.96. The van der Waals surface area contributed by atoms with Gasteiger partial charge in [0.05, 0.1) is 5.92 Å². The number of hydrogen-bond acceptors (Lipinski definition) is 5. The van der Waals surface area contributed by atoms with Crippen LogP contribution in [0.2, 0.25) is 0 Å². The van der Waals surface area contributed by atoms with E-state index in [0.29, 0.717) is 11.0 Å². The molecule has 0 aromatic heterocycles. The van der Waals surface area contributed by atoms with E-state index < -0.39 is 0 Å². The van der Waals surface area contributed by atoms with Crippen LogP contribution in [0.4, 0.5) is 0 Å². The zero-order chi connectivity index (χ0) is 12.0. The standard InChI is InChI=1S/C10H18N2O2S2/c1-11-9(13)8(7-3-4-7)10(12-14)16-6-5-15-2/h7-8,14H,3-6H2,1-2H3,(H,11,13). The summed E-state index contributed by atoms with van der Waals surface area (Å²) in [6.07, 6.45) is 4.15. The summed E-state index contributed by atoms with van der Waals surface area (Å²) >= 11 is 3.23. The second kappa shape index (κ2) is 7.06. The van der Waals surface area contributed by atoms with Crippen LogP contribution in [0.5, 0.6) is 0 Å². The van der Waals surface area contributed by atoms with E-state index in [9.17, 15) is 4.79 Å². The molecule has 2 N–H and O–H groups in total. The molecule has 0 saturated heterocycles. The van der Waals surface area contributed by atoms with Gasteiger partial charge in [-0.2, -0.15) is 11.8 Å². The Kier molecular flexibility index (Phi) is 6.05. The Morgan fingerprint density at radius 2 is 2.25 bits per heavy atom. The summed E-state index contributed by atoms with van der Waals surface area (Å²) in [5, 5.41) is 15.5. The summed E-state index contributed by atoms with van der Waals surface area (Å²) in [4.78, 5) is 11.7. The number of amides is 1. The van der Waals surface area contributed by atoms with Gasteiger partial charge in [0.1, 0.15) is 5.04 Å². The molecule has 4 nitrogen and oxygen atoms in total. The lowest BCUT2D eigenvalue weighted by molar-refractivity contribution is -0.122. The summed E-state index contributed by atoms with van der Waals surface area (Å²) in [7, 11) is 1.62. The highest BCUT2D eigenvalue weighted by molar-refractivity contribution is 8.14. The second-order valence-corrected chi connectivity index (χ2v) is 5.81. The lowest BCUT2D eigenvalue weighted by Crippen LogP contribution is -2.33. The largest absolute Gasteiger partial charge is 0.410 e. The van der Waals surface area contributed by atoms with Crippen molar-refractivity contribution < 1.29 is 10.0 Å². The summed E-state index contributed by atoms with van der Waals surface area (Å²) < 4.78 is 0. The lowest BCUT2D eigenvalue weighted by Gasteiger charge is -2.15. The molecule has 1 unspecified atom stereocenters. The number of hydrogen-bond donors (Lipinski definition) is 2. The minimum Gasteiger partial charge on any atom is -0.410 e. The smallest absolute Gasteiger partial charge is 0.229 e. The van der Waals surface area contributed by atoms with Crippen LogP contribution < -0.4 is 5.32 Å². The molecule has 1 aliphatic carbocycles. The molecular weight excluding hydrogens is 244 g/mol. The predicted molar refractivity (Wildman–Crippen MR) is 70.3 cm³/mol. The molecule has 0 bridgehead atoms. The number of rotatable bonds is 6. The number of nitrogens with one attached hydrogen (secondary N) is 1. The normalized spacial score (nSPS) is 18.2. The van der Waals surface area contributed by atoms with Gasteiger partial charge in [-0.1, -0.05) is 5.16 Å². The van der Waals surface area contributed by atoms with Crippen molar-refractivity contribution in [3.05, 3.63) is 0 Å². The van der Waals surface area contributed by atoms with Crippen LogP contribution in [0.25, 0.3) is 0 Å². The van der Waals surface area contributed by atoms with Gasteiger partial charge < -0.3 is 10.5 Å². The van der Waals surface area contributed by atoms with Crippen LogP contribution in [0, 0.1) is 11.8 Å². The van der Waals surface area contributed by atoms with E-state index in [1.807, 2.05) is 6.26 Å². The predicted octanol–water partition coefficient (Wildman–Crippen LogP) is 1.64. The molecule has 1 fully saturated rings. The fraction of sp³-hybridized carbons (Fsp3) is 0.800. The van der Waals surface area contributed by atoms with E-state index in [-0.39, 0.29) is 11.8 Å². The van der Waals surface area contributed by atoms with E-state index in [0.717, 1.165) is 24.3 Å². The molecule has 1 aliphatic rings. The van der Waals surface area contributed by atoms with Crippen LogP contribution in [-0.4, -0.2) is 41.0 Å². The maximum atomic E-state index is 11.7. The summed E-state index contributed by atoms with van der Waals surface area (Å²) in [5.41, 5.74) is 0. The zero-order valence-electron chi connectivity index (χ0n) is 9.60. The Bertz CT molecular complexity index is 268. The average Bonchev–Trinajstić information content (AvgIpc) is 3.11. The molecule has 0 aromatic carbocycles. The number of carbonyl (C=O) groups is 1. The minimum absolute atomic E-state index is 0.0352. The first-order valence-electron chi connectivity index (χ1n) is 5.29. The zero-order valence-corrected chi connectivity index (χ0v) is 11.2. The van der Waals surface area contributed by atoms with Gasteiger partial charge in [0, 0.05) is 18.6 Å². The van der Waals surface area contributed by atoms with Crippen molar-refractivity contribution in [3.8, 4) is 0 Å². The van der Waals surface area contributed by atoms with Crippen LogP contribution in [0.3, 0.4) is 0 Å². The van der Waals surface area contributed by atoms with Gasteiger partial charge in [0.25, 0.3) is 0 Å². The molecule has 6 heteroatoms. The molecule has 0 radical (unpaired) electrons. The van der Waals surface area contributed by atoms with E-state index in [1.54, 1.807) is 18.8 Å². The monoisotopic (exact) mass is 262 g/mol. The lowest BCUT2D eigenvalue weighted by atomic mass is 10.0. The molecule has 1 atom stereocenters. The van der Waals surface area contributed by atoms with E-state index in [4.69, 9.17) is 5.21 Å². The number of carbonyl (C=O) groups excluding carboxylic acids is 1. The highest BCUT2D eigenvalue weighted by Gasteiger charge is 2.39. The van der Waals surface area contributed by atoms with Gasteiger partial charge in [0.15, 0.2) is 0 Å². The Hall–Kier alpha value is -0.360. The highest BCUT2D eigenvalue weighted by atomic mass is 32.2. The molecule has 1 saturated carbocycles. The third-order valence-electron chi connectivity index (χ3n) is 2.52. The molecule has 0 aliphatic heterocycles. The number of thioether (sulfide) groups is 2. The van der Waals surface area contributed by atoms with Gasteiger partial charge in [-0.15, -0.1) is 11.8 Å². The van der Waals surface area contributed by atoms with Crippen molar-refractivity contribution in [2.75, 3.05) is 24.8 Å². The second-order valence-electron chi connectivity index (χ2n) is 3.71. The van der Waals surface area contributed by atoms with Crippen molar-refractivity contribution in [3.63, 3.8) is 0 Å². The summed E-state index contributed by atoms with van der Waals surface area (Å²) in [6.45, 7) is 0. The van der Waals surface area contributed by atoms with Crippen molar-refractivity contribution in [2.45, 2.75) is 12.8 Å². The first-order valence-corrected chi connectivity index (χ1v) is 7.67. The van der Waals surface area contributed by atoms with E-state index >= 15 is 0 Å². The van der Waals surface area contributed by atoms with Crippen molar-refractivity contribution in [1.29, 1.82) is 0 Å². The number of nitrogens with zero attached hydrogens (tertiary/aromatic N) is 1. The fourth-order valence-corrected chi connectivity index (χ4v) is 3.27. The average molecular weight is 262 g/mol. The Morgan fingerprint density at radius 1 is 1.56 bits per heavy atom. The van der Waals surface area contributed by atoms with Gasteiger partial charge in [-0.3, -0.25) is 4.79 Å². The SMILES string of the molecule is CNC(=O)C(C(=NO)SCCSC)C1CC1. The molecule has 0 aromatic rings. The van der Waals surface area contributed by atoms with Crippen LogP contribution in [0.1, 0.15) is 12.8 Å². The number of oxime groups is 1. The van der Waals surface area contributed by atoms with Crippen molar-refractivity contribution in [2.24, 2.45) is 17.0 Å². The topological polar surface area (TPSA) is 61.7 Å². The van der Waals surface area contributed by atoms with Gasteiger partial charge in [0.2, 0.25) is 5.91 Å². The minimum atomic E-state index is -0.248. The molecule has 92 valence electrons. The van der Waals surface area contributed by atoms with E-state index in [1.165, 1.54) is 11.8 Å². The maximum absolute atomic E-state index is 11.7. The van der Waals surface area contributed by atoms with Crippen molar-refractivity contribution >= 4 is 34.5 Å². The van der Waals surface area contributed by atoms with E-state index in [2.05, 4.69) is 10.5 Å². The molecule has 0 heterocycles. The Morgan fingerprint density at radius 3 is 2.69 bits per heavy atom. The summed E-state index contributed by atoms with van der Waals surface area (Å²) in [6, 6.07) is 0. The molecule has 16 heavy (non-hydrogen) atoms. The Balaban J connectivity index is 2.56. The van der Waals surface area contributed by atoms with Crippen LogP contribution >= 0.6 is 23.5 Å². The first-order chi connectivity index (χ1) is 7.74. The highest BCUT2D eigenvalue weighted by Crippen LogP contribution is 2.39. The van der Waals surface area contributed by atoms with Gasteiger partial charge in [-0.25, -0.2) is 0 Å². The first kappa shape index (κ1) is 13.7. The molecule has 1 rings (SSSR count). The fourth-order valence-electron chi connectivity index (χ4n) is 1.52. The molecular formula is C10H18N2O2S2. The maximum Gasteiger partial charge on any atom is 0.229 e. The van der Waals surface area contributed by atoms with Crippen molar-refractivity contribution in [1.82, 2.24) is 5.32 Å². The van der Waals surface area contributed by atoms with Crippen LogP contribution in [-0.2, 0) is 4.79 Å². The molecule has 1 amide bonds. The third kappa shape index (κ3) is 3.90.